The highest BCUT2D eigenvalue weighted by Crippen LogP contribution is 2.23. The van der Waals surface area contributed by atoms with Crippen LogP contribution in [0.4, 0.5) is 10.5 Å². The van der Waals surface area contributed by atoms with Gasteiger partial charge < -0.3 is 26.4 Å². The molecule has 6 amide bonds. The molecule has 1 unspecified atom stereocenters. The molecule has 0 radical (unpaired) electrons. The molecule has 1 aromatic rings. The Labute approximate surface area is 265 Å². The van der Waals surface area contributed by atoms with Gasteiger partial charge in [0, 0.05) is 49.9 Å². The number of ketones is 1. The zero-order valence-electron chi connectivity index (χ0n) is 27.4. The molecule has 0 bridgehead atoms. The third-order valence-electron chi connectivity index (χ3n) is 7.81. The molecule has 1 aliphatic heterocycles. The fourth-order valence-corrected chi connectivity index (χ4v) is 5.20. The van der Waals surface area contributed by atoms with Crippen LogP contribution in [0.1, 0.15) is 85.5 Å². The molecule has 5 N–H and O–H groups in total. The maximum Gasteiger partial charge on any atom is 0.312 e. The zero-order valence-corrected chi connectivity index (χ0v) is 26.4. The Morgan fingerprint density at radius 1 is 1.11 bits per heavy atom. The van der Waals surface area contributed by atoms with E-state index in [4.69, 9.17) is 7.10 Å². The summed E-state index contributed by atoms with van der Waals surface area (Å²) in [5, 5.41) is 8.07. The van der Waals surface area contributed by atoms with E-state index in [2.05, 4.69) is 20.7 Å². The van der Waals surface area contributed by atoms with Crippen molar-refractivity contribution in [3.8, 4) is 0 Å². The van der Waals surface area contributed by atoms with Crippen molar-refractivity contribution in [1.29, 1.82) is 0 Å². The number of nitrogens with two attached hydrogens (primary N) is 1. The van der Waals surface area contributed by atoms with E-state index < -0.39 is 30.3 Å². The van der Waals surface area contributed by atoms with Gasteiger partial charge >= 0.3 is 6.03 Å². The Morgan fingerprint density at radius 2 is 1.82 bits per heavy atom. The van der Waals surface area contributed by atoms with Crippen LogP contribution in [0, 0.1) is 17.8 Å². The Bertz CT molecular complexity index is 1240. The minimum Gasteiger partial charge on any atom is -0.463 e. The predicted octanol–water partition coefficient (Wildman–Crippen LogP) is 2.81. The van der Waals surface area contributed by atoms with Crippen molar-refractivity contribution in [2.75, 3.05) is 18.4 Å². The molecule has 1 saturated heterocycles. The van der Waals surface area contributed by atoms with Crippen LogP contribution in [-0.2, 0) is 40.1 Å². The number of rotatable bonds is 20. The molecule has 1 heterocycles. The molecule has 13 heteroatoms. The first kappa shape index (κ1) is 35.2. The molecule has 0 saturated carbocycles. The second-order valence-electron chi connectivity index (χ2n) is 11.7. The van der Waals surface area contributed by atoms with E-state index in [0.29, 0.717) is 49.9 Å². The summed E-state index contributed by atoms with van der Waals surface area (Å²) in [5.74, 6) is -2.50. The summed E-state index contributed by atoms with van der Waals surface area (Å²) in [6, 6.07) is 4.98. The fraction of sp³-hybridized carbons (Fsp3) is 0.594. The number of nitrogens with one attached hydrogen (secondary N) is 3. The molecule has 2 rings (SSSR count). The monoisotopic (exact) mass is 630 g/mol. The number of unbranched alkanes of at least 4 members (excludes halogenated alkanes) is 2. The third kappa shape index (κ3) is 12.7. The van der Waals surface area contributed by atoms with Crippen molar-refractivity contribution in [1.82, 2.24) is 15.5 Å². The van der Waals surface area contributed by atoms with Gasteiger partial charge in [-0.2, -0.15) is 0 Å². The highest BCUT2D eigenvalue weighted by molar-refractivity contribution is 6.03. The number of carbonyl (C=O) groups is 7. The summed E-state index contributed by atoms with van der Waals surface area (Å²) < 4.78 is 11.5. The first-order chi connectivity index (χ1) is 21.8. The molecule has 13 nitrogen and oxygen atoms in total. The number of ether oxygens (including phenoxy) is 1. The number of likely N-dealkylation sites (tertiary alicyclic amines) is 1. The van der Waals surface area contributed by atoms with Crippen LogP contribution in [-0.4, -0.2) is 65.9 Å². The Hall–Kier alpha value is -4.29. The SMILES string of the molecule is [2H]C(=O)OCc1ccc(NC(=O)[C@H](CCCNC(N)=O)CC(=O)[C@@H](NC(=O)CCCCCN2C(=O)CC(CC)C2=O)C(C)C)cc1. The van der Waals surface area contributed by atoms with Crippen molar-refractivity contribution in [3.05, 3.63) is 29.8 Å². The van der Waals surface area contributed by atoms with E-state index in [1.54, 1.807) is 24.3 Å². The van der Waals surface area contributed by atoms with Gasteiger partial charge in [0.1, 0.15) is 6.61 Å². The van der Waals surface area contributed by atoms with Crippen LogP contribution in [0.2, 0.25) is 0 Å². The van der Waals surface area contributed by atoms with E-state index in [9.17, 15) is 33.6 Å². The van der Waals surface area contributed by atoms with E-state index in [1.165, 1.54) is 4.90 Å². The molecular formula is C32H47N5O8. The fourth-order valence-electron chi connectivity index (χ4n) is 5.20. The molecular weight excluding hydrogens is 582 g/mol. The summed E-state index contributed by atoms with van der Waals surface area (Å²) in [6.07, 6.45) is 2.20. The molecule has 248 valence electrons. The zero-order chi connectivity index (χ0) is 34.2. The van der Waals surface area contributed by atoms with E-state index in [-0.39, 0.29) is 74.2 Å². The summed E-state index contributed by atoms with van der Waals surface area (Å²) in [7, 11) is 0. The third-order valence-corrected chi connectivity index (χ3v) is 7.81. The van der Waals surface area contributed by atoms with E-state index >= 15 is 0 Å². The Balaban J connectivity index is 1.93. The molecule has 0 aromatic heterocycles. The highest BCUT2D eigenvalue weighted by Gasteiger charge is 2.36. The smallest absolute Gasteiger partial charge is 0.312 e. The van der Waals surface area contributed by atoms with Gasteiger partial charge in [0.2, 0.25) is 23.6 Å². The summed E-state index contributed by atoms with van der Waals surface area (Å²) >= 11 is 0. The average molecular weight is 631 g/mol. The number of carbonyl (C=O) groups excluding carboxylic acids is 7. The second-order valence-corrected chi connectivity index (χ2v) is 11.7. The van der Waals surface area contributed by atoms with Crippen molar-refractivity contribution in [2.45, 2.75) is 91.2 Å². The number of imide groups is 1. The van der Waals surface area contributed by atoms with Crippen molar-refractivity contribution in [3.63, 3.8) is 0 Å². The maximum absolute atomic E-state index is 13.4. The molecule has 1 fully saturated rings. The van der Waals surface area contributed by atoms with Crippen molar-refractivity contribution < 1.29 is 39.7 Å². The molecule has 1 aromatic carbocycles. The van der Waals surface area contributed by atoms with Crippen molar-refractivity contribution >= 4 is 47.6 Å². The van der Waals surface area contributed by atoms with Gasteiger partial charge in [-0.25, -0.2) is 4.79 Å². The van der Waals surface area contributed by atoms with Crippen LogP contribution in [0.25, 0.3) is 0 Å². The normalized spacial score (nSPS) is 16.1. The van der Waals surface area contributed by atoms with Gasteiger partial charge in [-0.1, -0.05) is 39.3 Å². The second kappa shape index (κ2) is 19.2. The molecule has 1 aliphatic rings. The quantitative estimate of drug-likeness (QED) is 0.0959. The largest absolute Gasteiger partial charge is 0.463 e. The number of benzene rings is 1. The minimum absolute atomic E-state index is 0.0804. The number of anilines is 1. The molecule has 0 aliphatic carbocycles. The van der Waals surface area contributed by atoms with Gasteiger partial charge in [0.25, 0.3) is 6.45 Å². The van der Waals surface area contributed by atoms with Gasteiger partial charge in [-0.3, -0.25) is 33.7 Å². The average Bonchev–Trinajstić information content (AvgIpc) is 3.28. The Morgan fingerprint density at radius 3 is 2.42 bits per heavy atom. The van der Waals surface area contributed by atoms with E-state index in [1.807, 2.05) is 20.8 Å². The number of primary amides is 1. The highest BCUT2D eigenvalue weighted by atomic mass is 16.5. The first-order valence-corrected chi connectivity index (χ1v) is 15.5. The number of amides is 6. The molecule has 3 atom stereocenters. The number of Topliss-reactive ketones (excluding diaryl/α,β-unsaturated/α-hetero) is 1. The number of hydrogen-bond acceptors (Lipinski definition) is 8. The van der Waals surface area contributed by atoms with Crippen LogP contribution in [0.15, 0.2) is 24.3 Å². The van der Waals surface area contributed by atoms with Gasteiger partial charge in [-0.05, 0) is 55.7 Å². The summed E-state index contributed by atoms with van der Waals surface area (Å²) in [6.45, 7) is 5.98. The standard InChI is InChI=1S/C32H47N5O8/c1-4-23-18-28(41)37(31(23)43)16-7-5-6-10-27(40)36-29(21(2)3)26(39)17-24(9-8-15-34-32(33)44)30(42)35-25-13-11-22(12-14-25)19-45-20-38/h11-14,20-21,23-24,29H,4-10,15-19H2,1-3H3,(H,35,42)(H,36,40)(H3,33,34,44)/t23?,24-,29+/m1/s1/i20D. The van der Waals surface area contributed by atoms with Gasteiger partial charge in [-0.15, -0.1) is 0 Å². The van der Waals surface area contributed by atoms with E-state index in [0.717, 1.165) is 0 Å². The lowest BCUT2D eigenvalue weighted by molar-refractivity contribution is -0.139. The van der Waals surface area contributed by atoms with Crippen LogP contribution in [0.5, 0.6) is 0 Å². The van der Waals surface area contributed by atoms with Gasteiger partial charge in [0.15, 0.2) is 7.15 Å². The minimum atomic E-state index is -1.15. The molecule has 45 heavy (non-hydrogen) atoms. The van der Waals surface area contributed by atoms with Gasteiger partial charge in [0.05, 0.1) is 6.04 Å². The summed E-state index contributed by atoms with van der Waals surface area (Å²) in [4.78, 5) is 86.9. The predicted molar refractivity (Wildman–Crippen MR) is 166 cm³/mol. The topological polar surface area (TPSA) is 194 Å². The lowest BCUT2D eigenvalue weighted by Gasteiger charge is -2.24. The Kier molecular flexibility index (Phi) is 15.0. The van der Waals surface area contributed by atoms with Crippen LogP contribution < -0.4 is 21.7 Å². The van der Waals surface area contributed by atoms with Crippen LogP contribution in [0.3, 0.4) is 0 Å². The number of nitrogens with zero attached hydrogens (tertiary/aromatic N) is 1. The lowest BCUT2D eigenvalue weighted by Crippen LogP contribution is -2.45. The van der Waals surface area contributed by atoms with Crippen LogP contribution >= 0.6 is 0 Å². The summed E-state index contributed by atoms with van der Waals surface area (Å²) in [5.41, 5.74) is 6.21. The first-order valence-electron chi connectivity index (χ1n) is 16.0. The maximum atomic E-state index is 13.4. The lowest BCUT2D eigenvalue weighted by atomic mass is 9.89. The number of urea groups is 1. The number of hydrogen-bond donors (Lipinski definition) is 4. The van der Waals surface area contributed by atoms with Crippen molar-refractivity contribution in [2.24, 2.45) is 23.5 Å². The molecule has 0 spiro atoms.